The normalized spacial score (nSPS) is 13.4. The van der Waals surface area contributed by atoms with Crippen molar-refractivity contribution in [1.82, 2.24) is 0 Å². The molecule has 0 aliphatic heterocycles. The Morgan fingerprint density at radius 1 is 0.545 bits per heavy atom. The summed E-state index contributed by atoms with van der Waals surface area (Å²) < 4.78 is 0. The first-order valence-corrected chi connectivity index (χ1v) is 7.64. The highest BCUT2D eigenvalue weighted by atomic mass is 14.3. The molecule has 114 valence electrons. The number of nitrogens with zero attached hydrogens (tertiary/aromatic N) is 5. The van der Waals surface area contributed by atoms with Gasteiger partial charge in [0.1, 0.15) is 0 Å². The second-order valence-electron chi connectivity index (χ2n) is 5.39. The van der Waals surface area contributed by atoms with Crippen LogP contribution in [-0.4, -0.2) is 0 Å². The van der Waals surface area contributed by atoms with Gasteiger partial charge in [0.15, 0.2) is 0 Å². The van der Waals surface area contributed by atoms with Gasteiger partial charge in [-0.2, -0.15) is 26.3 Å². The van der Waals surface area contributed by atoms with Crippen LogP contribution in [0.25, 0.3) is 0 Å². The lowest BCUT2D eigenvalue weighted by Gasteiger charge is -2.14. The zero-order chi connectivity index (χ0) is 16.6. The Labute approximate surface area is 133 Å². The fraction of sp³-hybridized carbons (Fsp3) is 0.706. The second kappa shape index (κ2) is 13.4. The molecule has 3 unspecified atom stereocenters. The standard InChI is InChI=1S/C17H21N5/c18-9-2-1-5-16(13-21)11-17(14-22)7-3-6-15(12-20)8-4-10-19/h15-17H,1-8,11H2. The van der Waals surface area contributed by atoms with Crippen molar-refractivity contribution in [2.45, 2.75) is 57.8 Å². The van der Waals surface area contributed by atoms with Crippen molar-refractivity contribution in [3.8, 4) is 30.3 Å². The number of rotatable bonds is 11. The molecule has 0 heterocycles. The Morgan fingerprint density at radius 3 is 1.55 bits per heavy atom. The Balaban J connectivity index is 4.13. The molecule has 0 saturated heterocycles. The molecule has 0 radical (unpaired) electrons. The third-order valence-electron chi connectivity index (χ3n) is 3.67. The Kier molecular flexibility index (Phi) is 11.9. The molecule has 0 N–H and O–H groups in total. The predicted octanol–water partition coefficient (Wildman–Crippen LogP) is 3.96. The van der Waals surface area contributed by atoms with Crippen molar-refractivity contribution in [1.29, 1.82) is 26.3 Å². The molecule has 22 heavy (non-hydrogen) atoms. The maximum absolute atomic E-state index is 9.19. The van der Waals surface area contributed by atoms with E-state index in [1.165, 1.54) is 0 Å². The molecule has 0 aromatic carbocycles. The predicted molar refractivity (Wildman–Crippen MR) is 80.1 cm³/mol. The van der Waals surface area contributed by atoms with Crippen LogP contribution in [0.5, 0.6) is 0 Å². The quantitative estimate of drug-likeness (QED) is 0.534. The highest BCUT2D eigenvalue weighted by molar-refractivity contribution is 4.92. The van der Waals surface area contributed by atoms with Crippen LogP contribution in [0.1, 0.15) is 57.8 Å². The molecule has 0 amide bonds. The summed E-state index contributed by atoms with van der Waals surface area (Å²) in [4.78, 5) is 0. The van der Waals surface area contributed by atoms with E-state index in [9.17, 15) is 5.26 Å². The van der Waals surface area contributed by atoms with E-state index < -0.39 is 0 Å². The summed E-state index contributed by atoms with van der Waals surface area (Å²) in [6.45, 7) is 0. The fourth-order valence-electron chi connectivity index (χ4n) is 2.36. The van der Waals surface area contributed by atoms with Crippen molar-refractivity contribution < 1.29 is 0 Å². The van der Waals surface area contributed by atoms with Gasteiger partial charge in [0, 0.05) is 30.6 Å². The third kappa shape index (κ3) is 9.37. The molecule has 0 fully saturated rings. The van der Waals surface area contributed by atoms with Gasteiger partial charge in [0.2, 0.25) is 0 Å². The first-order chi connectivity index (χ1) is 10.7. The summed E-state index contributed by atoms with van der Waals surface area (Å²) in [5.41, 5.74) is 0. The molecule has 0 spiro atoms. The Bertz CT molecular complexity index is 506. The van der Waals surface area contributed by atoms with E-state index in [1.54, 1.807) is 0 Å². The van der Waals surface area contributed by atoms with Gasteiger partial charge >= 0.3 is 0 Å². The number of unbranched alkanes of at least 4 members (excludes halogenated alkanes) is 1. The van der Waals surface area contributed by atoms with Gasteiger partial charge < -0.3 is 0 Å². The zero-order valence-electron chi connectivity index (χ0n) is 12.8. The van der Waals surface area contributed by atoms with Crippen molar-refractivity contribution >= 4 is 0 Å². The Hall–Kier alpha value is -2.55. The molecular weight excluding hydrogens is 274 g/mol. The van der Waals surface area contributed by atoms with E-state index in [2.05, 4.69) is 24.3 Å². The summed E-state index contributed by atoms with van der Waals surface area (Å²) in [5, 5.41) is 44.3. The van der Waals surface area contributed by atoms with Crippen LogP contribution in [0.3, 0.4) is 0 Å². The molecule has 5 heteroatoms. The van der Waals surface area contributed by atoms with Crippen molar-refractivity contribution in [2.24, 2.45) is 17.8 Å². The first-order valence-electron chi connectivity index (χ1n) is 7.64. The molecule has 0 aromatic rings. The lowest BCUT2D eigenvalue weighted by Crippen LogP contribution is -2.07. The molecule has 0 aromatic heterocycles. The van der Waals surface area contributed by atoms with E-state index in [-0.39, 0.29) is 17.8 Å². The van der Waals surface area contributed by atoms with E-state index in [0.29, 0.717) is 51.4 Å². The first kappa shape index (κ1) is 19.4. The van der Waals surface area contributed by atoms with Crippen molar-refractivity contribution in [2.75, 3.05) is 0 Å². The average molecular weight is 295 g/mol. The topological polar surface area (TPSA) is 119 Å². The van der Waals surface area contributed by atoms with Crippen molar-refractivity contribution in [3.63, 3.8) is 0 Å². The maximum Gasteiger partial charge on any atom is 0.0656 e. The van der Waals surface area contributed by atoms with Crippen LogP contribution in [0.15, 0.2) is 0 Å². The average Bonchev–Trinajstić information content (AvgIpc) is 2.55. The largest absolute Gasteiger partial charge is 0.198 e. The zero-order valence-corrected chi connectivity index (χ0v) is 12.8. The molecule has 3 atom stereocenters. The van der Waals surface area contributed by atoms with Crippen LogP contribution in [-0.2, 0) is 0 Å². The van der Waals surface area contributed by atoms with Crippen LogP contribution in [0.2, 0.25) is 0 Å². The minimum atomic E-state index is -0.179. The second-order valence-corrected chi connectivity index (χ2v) is 5.39. The molecule has 0 aliphatic rings. The summed E-state index contributed by atoms with van der Waals surface area (Å²) in [5.74, 6) is -0.480. The van der Waals surface area contributed by atoms with Gasteiger partial charge in [0.25, 0.3) is 0 Å². The molecule has 0 rings (SSSR count). The van der Waals surface area contributed by atoms with E-state index in [0.717, 1.165) is 6.42 Å². The smallest absolute Gasteiger partial charge is 0.0656 e. The monoisotopic (exact) mass is 295 g/mol. The molecule has 5 nitrogen and oxygen atoms in total. The number of hydrogen-bond acceptors (Lipinski definition) is 5. The molecule has 0 aliphatic carbocycles. The highest BCUT2D eigenvalue weighted by Gasteiger charge is 2.16. The maximum atomic E-state index is 9.19. The number of nitriles is 5. The van der Waals surface area contributed by atoms with Gasteiger partial charge in [-0.15, -0.1) is 0 Å². The van der Waals surface area contributed by atoms with Crippen LogP contribution < -0.4 is 0 Å². The molecule has 0 bridgehead atoms. The third-order valence-corrected chi connectivity index (χ3v) is 3.67. The van der Waals surface area contributed by atoms with E-state index in [1.807, 2.05) is 6.07 Å². The molecular formula is C17H21N5. The number of hydrogen-bond donors (Lipinski definition) is 0. The van der Waals surface area contributed by atoms with Gasteiger partial charge in [0.05, 0.1) is 30.3 Å². The van der Waals surface area contributed by atoms with Gasteiger partial charge in [-0.25, -0.2) is 0 Å². The van der Waals surface area contributed by atoms with E-state index in [4.69, 9.17) is 21.0 Å². The summed E-state index contributed by atoms with van der Waals surface area (Å²) in [6, 6.07) is 10.7. The van der Waals surface area contributed by atoms with Crippen LogP contribution in [0, 0.1) is 74.4 Å². The van der Waals surface area contributed by atoms with Gasteiger partial charge in [-0.3, -0.25) is 0 Å². The summed E-state index contributed by atoms with van der Waals surface area (Å²) in [7, 11) is 0. The summed E-state index contributed by atoms with van der Waals surface area (Å²) in [6.07, 6.45) is 5.43. The highest BCUT2D eigenvalue weighted by Crippen LogP contribution is 2.23. The lowest BCUT2D eigenvalue weighted by molar-refractivity contribution is 0.417. The van der Waals surface area contributed by atoms with E-state index >= 15 is 0 Å². The summed E-state index contributed by atoms with van der Waals surface area (Å²) >= 11 is 0. The Morgan fingerprint density at radius 2 is 1.05 bits per heavy atom. The minimum Gasteiger partial charge on any atom is -0.198 e. The molecule has 0 saturated carbocycles. The van der Waals surface area contributed by atoms with Gasteiger partial charge in [-0.1, -0.05) is 6.42 Å². The fourth-order valence-corrected chi connectivity index (χ4v) is 2.36. The lowest BCUT2D eigenvalue weighted by atomic mass is 9.88. The minimum absolute atomic E-state index is 0.124. The van der Waals surface area contributed by atoms with Crippen LogP contribution >= 0.6 is 0 Å². The SMILES string of the molecule is N#CCCCC(C#N)CC(C#N)CCCC(C#N)CCC#N. The van der Waals surface area contributed by atoms with Crippen molar-refractivity contribution in [3.05, 3.63) is 0 Å². The van der Waals surface area contributed by atoms with Crippen LogP contribution in [0.4, 0.5) is 0 Å². The van der Waals surface area contributed by atoms with Gasteiger partial charge in [-0.05, 0) is 38.5 Å².